The number of nitrogens with zero attached hydrogens (tertiary/aromatic N) is 1. The zero-order valence-electron chi connectivity index (χ0n) is 13.6. The van der Waals surface area contributed by atoms with Crippen LogP contribution in [0.2, 0.25) is 0 Å². The predicted octanol–water partition coefficient (Wildman–Crippen LogP) is 1.02. The Morgan fingerprint density at radius 1 is 1.36 bits per heavy atom. The molecule has 128 valence electrons. The summed E-state index contributed by atoms with van der Waals surface area (Å²) in [5.74, 6) is 0.418. The number of hydrogen-bond acceptors (Lipinski definition) is 5. The number of carbonyl (C=O) groups is 2. The van der Waals surface area contributed by atoms with Crippen molar-refractivity contribution in [1.82, 2.24) is 10.3 Å². The summed E-state index contributed by atoms with van der Waals surface area (Å²) in [4.78, 5) is 27.6. The highest BCUT2D eigenvalue weighted by Gasteiger charge is 2.44. The molecule has 7 heteroatoms. The minimum atomic E-state index is -0.561. The first kappa shape index (κ1) is 15.4. The van der Waals surface area contributed by atoms with Crippen LogP contribution in [0.15, 0.2) is 36.5 Å². The highest BCUT2D eigenvalue weighted by molar-refractivity contribution is 6.01. The first-order chi connectivity index (χ1) is 12.1. The molecule has 0 spiro atoms. The van der Waals surface area contributed by atoms with E-state index in [9.17, 15) is 9.59 Å². The lowest BCUT2D eigenvalue weighted by Crippen LogP contribution is -2.35. The van der Waals surface area contributed by atoms with Crippen LogP contribution in [-0.2, 0) is 4.79 Å². The van der Waals surface area contributed by atoms with Gasteiger partial charge >= 0.3 is 0 Å². The Labute approximate surface area is 143 Å². The number of ether oxygens (including phenoxy) is 2. The van der Waals surface area contributed by atoms with Crippen LogP contribution in [0.3, 0.4) is 0 Å². The third kappa shape index (κ3) is 2.48. The average molecular weight is 339 g/mol. The van der Waals surface area contributed by atoms with Crippen molar-refractivity contribution in [2.45, 2.75) is 6.04 Å². The van der Waals surface area contributed by atoms with E-state index in [1.165, 1.54) is 7.11 Å². The Morgan fingerprint density at radius 2 is 2.20 bits per heavy atom. The summed E-state index contributed by atoms with van der Waals surface area (Å²) in [7, 11) is 1.47. The van der Waals surface area contributed by atoms with Crippen LogP contribution in [-0.4, -0.2) is 36.6 Å². The fraction of sp³-hybridized carbons (Fsp3) is 0.278. The number of fused-ring (bicyclic) bond motifs is 2. The summed E-state index contributed by atoms with van der Waals surface area (Å²) in [6, 6.07) is 5.06. The van der Waals surface area contributed by atoms with E-state index in [4.69, 9.17) is 15.2 Å². The first-order valence-corrected chi connectivity index (χ1v) is 7.96. The lowest BCUT2D eigenvalue weighted by molar-refractivity contribution is -0.121. The maximum Gasteiger partial charge on any atom is 0.252 e. The van der Waals surface area contributed by atoms with Gasteiger partial charge in [-0.15, -0.1) is 0 Å². The van der Waals surface area contributed by atoms with Crippen molar-refractivity contribution in [2.24, 2.45) is 17.6 Å². The molecule has 2 aromatic rings. The lowest BCUT2D eigenvalue weighted by atomic mass is 9.81. The van der Waals surface area contributed by atoms with Gasteiger partial charge in [-0.3, -0.25) is 9.59 Å². The van der Waals surface area contributed by atoms with Gasteiger partial charge in [0.2, 0.25) is 11.8 Å². The van der Waals surface area contributed by atoms with Crippen molar-refractivity contribution >= 4 is 22.6 Å². The number of nitrogens with one attached hydrogen (secondary N) is 1. The number of nitrogens with two attached hydrogens (primary N) is 1. The first-order valence-electron chi connectivity index (χ1n) is 7.96. The summed E-state index contributed by atoms with van der Waals surface area (Å²) in [5, 5.41) is 4.43. The fourth-order valence-corrected chi connectivity index (χ4v) is 3.34. The minimum Gasteiger partial charge on any atom is -0.496 e. The van der Waals surface area contributed by atoms with E-state index >= 15 is 0 Å². The third-order valence-electron chi connectivity index (χ3n) is 4.76. The number of aromatic nitrogens is 1. The van der Waals surface area contributed by atoms with Crippen molar-refractivity contribution in [3.05, 3.63) is 42.1 Å². The summed E-state index contributed by atoms with van der Waals surface area (Å²) < 4.78 is 11.1. The fourth-order valence-electron chi connectivity index (χ4n) is 3.34. The van der Waals surface area contributed by atoms with E-state index in [0.717, 1.165) is 10.8 Å². The molecule has 1 aromatic heterocycles. The van der Waals surface area contributed by atoms with Crippen LogP contribution in [0.5, 0.6) is 11.6 Å². The Balaban J connectivity index is 1.62. The van der Waals surface area contributed by atoms with Gasteiger partial charge in [-0.05, 0) is 23.6 Å². The zero-order valence-corrected chi connectivity index (χ0v) is 13.6. The standard InChI is InChI=1S/C18H17N3O4/c1-24-15-7-12-9(6-13(15)16(19)22)4-5-20-18(12)25-8-14-10-2-3-11(10)17(23)21-14/h2-7,10-11,14H,8H2,1H3,(H2,19,22)(H,21,23)/t10-,11+,14+/m0/s1. The van der Waals surface area contributed by atoms with Crippen LogP contribution in [0.4, 0.5) is 0 Å². The van der Waals surface area contributed by atoms with Crippen LogP contribution >= 0.6 is 0 Å². The van der Waals surface area contributed by atoms with Gasteiger partial charge in [0.15, 0.2) is 0 Å². The molecule has 3 atom stereocenters. The molecule has 1 saturated heterocycles. The molecule has 1 fully saturated rings. The Hall–Kier alpha value is -3.09. The number of primary amides is 1. The smallest absolute Gasteiger partial charge is 0.252 e. The summed E-state index contributed by atoms with van der Waals surface area (Å²) in [6.45, 7) is 0.323. The Kier molecular flexibility index (Phi) is 3.56. The van der Waals surface area contributed by atoms with E-state index in [0.29, 0.717) is 23.8 Å². The summed E-state index contributed by atoms with van der Waals surface area (Å²) >= 11 is 0. The normalized spacial score (nSPS) is 23.7. The van der Waals surface area contributed by atoms with Gasteiger partial charge in [-0.2, -0.15) is 0 Å². The van der Waals surface area contributed by atoms with Gasteiger partial charge in [0, 0.05) is 17.5 Å². The predicted molar refractivity (Wildman–Crippen MR) is 90.4 cm³/mol. The molecule has 3 N–H and O–H groups in total. The molecule has 2 heterocycles. The molecule has 1 aromatic carbocycles. The molecule has 0 radical (unpaired) electrons. The number of carbonyl (C=O) groups excluding carboxylic acids is 2. The zero-order chi connectivity index (χ0) is 17.6. The molecule has 0 unspecified atom stereocenters. The highest BCUT2D eigenvalue weighted by Crippen LogP contribution is 2.35. The monoisotopic (exact) mass is 339 g/mol. The van der Waals surface area contributed by atoms with Crippen LogP contribution in [0.25, 0.3) is 10.8 Å². The molecular formula is C18H17N3O4. The second kappa shape index (κ2) is 5.77. The number of methoxy groups -OCH3 is 1. The van der Waals surface area contributed by atoms with Crippen molar-refractivity contribution in [3.63, 3.8) is 0 Å². The molecule has 0 saturated carbocycles. The van der Waals surface area contributed by atoms with E-state index in [1.807, 2.05) is 12.2 Å². The second-order valence-corrected chi connectivity index (χ2v) is 6.17. The topological polar surface area (TPSA) is 104 Å². The molecule has 25 heavy (non-hydrogen) atoms. The molecule has 2 amide bonds. The molecule has 1 aliphatic heterocycles. The largest absolute Gasteiger partial charge is 0.496 e. The SMILES string of the molecule is COc1cc2c(OC[C@H]3NC(=O)[C@@H]4C=C[C@H]34)nccc2cc1C(N)=O. The molecular weight excluding hydrogens is 322 g/mol. The van der Waals surface area contributed by atoms with Crippen molar-refractivity contribution in [2.75, 3.05) is 13.7 Å². The van der Waals surface area contributed by atoms with Gasteiger partial charge in [-0.1, -0.05) is 12.2 Å². The minimum absolute atomic E-state index is 0.0349. The Bertz CT molecular complexity index is 909. The van der Waals surface area contributed by atoms with Crippen LogP contribution in [0, 0.1) is 11.8 Å². The van der Waals surface area contributed by atoms with Gasteiger partial charge in [-0.25, -0.2) is 4.98 Å². The second-order valence-electron chi connectivity index (χ2n) is 6.17. The number of rotatable bonds is 5. The van der Waals surface area contributed by atoms with Crippen LogP contribution in [0.1, 0.15) is 10.4 Å². The van der Waals surface area contributed by atoms with E-state index in [2.05, 4.69) is 10.3 Å². The van der Waals surface area contributed by atoms with Gasteiger partial charge in [0.25, 0.3) is 5.91 Å². The number of benzene rings is 1. The van der Waals surface area contributed by atoms with Gasteiger partial charge in [0.1, 0.15) is 12.4 Å². The van der Waals surface area contributed by atoms with Crippen molar-refractivity contribution in [3.8, 4) is 11.6 Å². The Morgan fingerprint density at radius 3 is 2.84 bits per heavy atom. The molecule has 1 aliphatic carbocycles. The maximum absolute atomic E-state index is 11.8. The van der Waals surface area contributed by atoms with Gasteiger partial charge < -0.3 is 20.5 Å². The highest BCUT2D eigenvalue weighted by atomic mass is 16.5. The van der Waals surface area contributed by atoms with Gasteiger partial charge in [0.05, 0.1) is 24.6 Å². The van der Waals surface area contributed by atoms with E-state index in [1.54, 1.807) is 24.4 Å². The number of amides is 2. The lowest BCUT2D eigenvalue weighted by Gasteiger charge is -2.23. The van der Waals surface area contributed by atoms with E-state index < -0.39 is 5.91 Å². The van der Waals surface area contributed by atoms with E-state index in [-0.39, 0.29) is 23.8 Å². The quantitative estimate of drug-likeness (QED) is 0.792. The molecule has 0 bridgehead atoms. The third-order valence-corrected chi connectivity index (χ3v) is 4.76. The van der Waals surface area contributed by atoms with Crippen LogP contribution < -0.4 is 20.5 Å². The molecule has 2 aliphatic rings. The molecule has 4 rings (SSSR count). The van der Waals surface area contributed by atoms with Crippen molar-refractivity contribution in [1.29, 1.82) is 0 Å². The molecule has 7 nitrogen and oxygen atoms in total. The summed E-state index contributed by atoms with van der Waals surface area (Å²) in [5.41, 5.74) is 5.70. The average Bonchev–Trinajstić information content (AvgIpc) is 2.78. The summed E-state index contributed by atoms with van der Waals surface area (Å²) in [6.07, 6.45) is 5.54. The number of hydrogen-bond donors (Lipinski definition) is 2. The number of pyridine rings is 1. The van der Waals surface area contributed by atoms with Crippen molar-refractivity contribution < 1.29 is 19.1 Å². The maximum atomic E-state index is 11.8.